The first-order valence-corrected chi connectivity index (χ1v) is 7.88. The molecule has 3 heterocycles. The van der Waals surface area contributed by atoms with Crippen LogP contribution in [-0.2, 0) is 16.1 Å². The molecule has 0 aromatic carbocycles. The summed E-state index contributed by atoms with van der Waals surface area (Å²) in [5, 5.41) is 5.18. The van der Waals surface area contributed by atoms with Crippen molar-refractivity contribution in [1.29, 1.82) is 0 Å². The molecule has 1 fully saturated rings. The molecule has 0 radical (unpaired) electrons. The highest BCUT2D eigenvalue weighted by molar-refractivity contribution is 8.18. The van der Waals surface area contributed by atoms with Gasteiger partial charge in [-0.3, -0.25) is 9.48 Å². The second-order valence-electron chi connectivity index (χ2n) is 4.94. The van der Waals surface area contributed by atoms with Gasteiger partial charge in [0.2, 0.25) is 0 Å². The van der Waals surface area contributed by atoms with Crippen LogP contribution < -0.4 is 0 Å². The Balaban J connectivity index is 1.77. The molecule has 0 N–H and O–H groups in total. The van der Waals surface area contributed by atoms with Gasteiger partial charge in [-0.2, -0.15) is 10.1 Å². The van der Waals surface area contributed by atoms with Crippen LogP contribution in [0.1, 0.15) is 18.2 Å². The molecule has 7 heteroatoms. The van der Waals surface area contributed by atoms with Gasteiger partial charge in [0.1, 0.15) is 0 Å². The Hall–Kier alpha value is -1.60. The lowest BCUT2D eigenvalue weighted by Crippen LogP contribution is -2.38. The molecule has 1 amide bonds. The first-order chi connectivity index (χ1) is 10.2. The zero-order chi connectivity index (χ0) is 14.8. The van der Waals surface area contributed by atoms with Crippen molar-refractivity contribution in [2.24, 2.45) is 4.99 Å². The molecular weight excluding hydrogens is 288 g/mol. The minimum absolute atomic E-state index is 0.162. The van der Waals surface area contributed by atoms with Crippen molar-refractivity contribution in [2.45, 2.75) is 20.4 Å². The molecule has 0 spiro atoms. The zero-order valence-corrected chi connectivity index (χ0v) is 13.0. The smallest absolute Gasteiger partial charge is 0.286 e. The van der Waals surface area contributed by atoms with Crippen molar-refractivity contribution in [3.05, 3.63) is 22.4 Å². The predicted octanol–water partition coefficient (Wildman–Crippen LogP) is 1.51. The van der Waals surface area contributed by atoms with Gasteiger partial charge >= 0.3 is 0 Å². The van der Waals surface area contributed by atoms with Crippen molar-refractivity contribution < 1.29 is 9.53 Å². The molecule has 0 bridgehead atoms. The third-order valence-electron chi connectivity index (χ3n) is 3.49. The molecule has 6 nitrogen and oxygen atoms in total. The lowest BCUT2D eigenvalue weighted by Gasteiger charge is -2.27. The lowest BCUT2D eigenvalue weighted by molar-refractivity contribution is -0.113. The molecule has 1 saturated heterocycles. The van der Waals surface area contributed by atoms with E-state index in [2.05, 4.69) is 15.0 Å². The Morgan fingerprint density at radius 2 is 2.19 bits per heavy atom. The van der Waals surface area contributed by atoms with Crippen LogP contribution in [-0.4, -0.2) is 52.1 Å². The number of aromatic nitrogens is 2. The average Bonchev–Trinajstić information content (AvgIpc) is 3.04. The number of aryl methyl sites for hydroxylation is 2. The summed E-state index contributed by atoms with van der Waals surface area (Å²) < 4.78 is 7.19. The fourth-order valence-electron chi connectivity index (χ4n) is 2.27. The monoisotopic (exact) mass is 306 g/mol. The van der Waals surface area contributed by atoms with Crippen molar-refractivity contribution >= 4 is 28.9 Å². The first-order valence-electron chi connectivity index (χ1n) is 7.06. The minimum atomic E-state index is -0.162. The molecule has 21 heavy (non-hydrogen) atoms. The zero-order valence-electron chi connectivity index (χ0n) is 12.2. The van der Waals surface area contributed by atoms with Gasteiger partial charge in [0.25, 0.3) is 5.91 Å². The van der Waals surface area contributed by atoms with Crippen molar-refractivity contribution in [1.82, 2.24) is 14.7 Å². The summed E-state index contributed by atoms with van der Waals surface area (Å²) in [6, 6.07) is 0. The number of morpholine rings is 1. The highest BCUT2D eigenvalue weighted by Gasteiger charge is 2.27. The number of carbonyl (C=O) groups is 1. The molecule has 0 unspecified atom stereocenters. The topological polar surface area (TPSA) is 59.7 Å². The number of ether oxygens (including phenoxy) is 1. The standard InChI is InChI=1S/C14H18N4O2S/c1-3-18-9-11(10(2)16-18)8-12-13(19)15-14(21-12)17-4-6-20-7-5-17/h8-9H,3-7H2,1-2H3. The highest BCUT2D eigenvalue weighted by atomic mass is 32.2. The van der Waals surface area contributed by atoms with Crippen LogP contribution >= 0.6 is 11.8 Å². The van der Waals surface area contributed by atoms with Crippen molar-refractivity contribution in [3.8, 4) is 0 Å². The van der Waals surface area contributed by atoms with Crippen LogP contribution in [0.2, 0.25) is 0 Å². The average molecular weight is 306 g/mol. The minimum Gasteiger partial charge on any atom is -0.378 e. The second-order valence-corrected chi connectivity index (χ2v) is 5.94. The van der Waals surface area contributed by atoms with Gasteiger partial charge in [-0.05, 0) is 31.7 Å². The molecule has 1 aromatic rings. The summed E-state index contributed by atoms with van der Waals surface area (Å²) in [5.41, 5.74) is 1.91. The van der Waals surface area contributed by atoms with Gasteiger partial charge in [-0.1, -0.05) is 0 Å². The van der Waals surface area contributed by atoms with E-state index in [1.165, 1.54) is 11.8 Å². The molecule has 2 aliphatic rings. The SMILES string of the molecule is CCn1cc(C=C2SC(N3CCOCC3)=NC2=O)c(C)n1. The maximum absolute atomic E-state index is 12.1. The third kappa shape index (κ3) is 3.03. The van der Waals surface area contributed by atoms with Crippen LogP contribution in [0.5, 0.6) is 0 Å². The van der Waals surface area contributed by atoms with Crippen LogP contribution in [0, 0.1) is 6.92 Å². The van der Waals surface area contributed by atoms with E-state index < -0.39 is 0 Å². The number of carbonyl (C=O) groups excluding carboxylic acids is 1. The second kappa shape index (κ2) is 6.03. The normalized spacial score (nSPS) is 21.2. The van der Waals surface area contributed by atoms with Crippen molar-refractivity contribution in [2.75, 3.05) is 26.3 Å². The summed E-state index contributed by atoms with van der Waals surface area (Å²) in [7, 11) is 0. The van der Waals surface area contributed by atoms with E-state index in [4.69, 9.17) is 4.74 Å². The number of nitrogens with zero attached hydrogens (tertiary/aromatic N) is 4. The fraction of sp³-hybridized carbons (Fsp3) is 0.500. The molecular formula is C14H18N4O2S. The van der Waals surface area contributed by atoms with Crippen molar-refractivity contribution in [3.63, 3.8) is 0 Å². The Morgan fingerprint density at radius 3 is 2.86 bits per heavy atom. The molecule has 3 rings (SSSR count). The lowest BCUT2D eigenvalue weighted by atomic mass is 10.2. The number of amidine groups is 1. The summed E-state index contributed by atoms with van der Waals surface area (Å²) in [4.78, 5) is 19.0. The third-order valence-corrected chi connectivity index (χ3v) is 4.53. The van der Waals surface area contributed by atoms with E-state index in [0.717, 1.165) is 36.1 Å². The Bertz CT molecular complexity index is 614. The van der Waals surface area contributed by atoms with E-state index in [-0.39, 0.29) is 5.91 Å². The van der Waals surface area contributed by atoms with Gasteiger partial charge in [-0.25, -0.2) is 0 Å². The van der Waals surface area contributed by atoms with Gasteiger partial charge in [0.05, 0.1) is 23.8 Å². The number of thioether (sulfide) groups is 1. The summed E-state index contributed by atoms with van der Waals surface area (Å²) in [6.45, 7) is 7.77. The summed E-state index contributed by atoms with van der Waals surface area (Å²) in [6.07, 6.45) is 3.85. The Kier molecular flexibility index (Phi) is 4.12. The summed E-state index contributed by atoms with van der Waals surface area (Å²) >= 11 is 1.44. The number of hydrogen-bond donors (Lipinski definition) is 0. The van der Waals surface area contributed by atoms with Gasteiger partial charge in [-0.15, -0.1) is 0 Å². The van der Waals surface area contributed by atoms with E-state index in [9.17, 15) is 4.79 Å². The molecule has 0 saturated carbocycles. The summed E-state index contributed by atoms with van der Waals surface area (Å²) in [5.74, 6) is -0.162. The van der Waals surface area contributed by atoms with Gasteiger partial charge in [0, 0.05) is 31.4 Å². The Labute approximate surface area is 127 Å². The maximum atomic E-state index is 12.1. The highest BCUT2D eigenvalue weighted by Crippen LogP contribution is 2.30. The number of amides is 1. The van der Waals surface area contributed by atoms with E-state index >= 15 is 0 Å². The number of hydrogen-bond acceptors (Lipinski definition) is 5. The van der Waals surface area contributed by atoms with Crippen LogP contribution in [0.15, 0.2) is 16.1 Å². The maximum Gasteiger partial charge on any atom is 0.286 e. The van der Waals surface area contributed by atoms with E-state index in [1.54, 1.807) is 0 Å². The largest absolute Gasteiger partial charge is 0.378 e. The first kappa shape index (κ1) is 14.3. The van der Waals surface area contributed by atoms with Gasteiger partial charge < -0.3 is 9.64 Å². The van der Waals surface area contributed by atoms with E-state index in [1.807, 2.05) is 30.8 Å². The molecule has 0 aliphatic carbocycles. The molecule has 1 aromatic heterocycles. The van der Waals surface area contributed by atoms with Crippen LogP contribution in [0.25, 0.3) is 6.08 Å². The molecule has 112 valence electrons. The Morgan fingerprint density at radius 1 is 1.43 bits per heavy atom. The van der Waals surface area contributed by atoms with Crippen LogP contribution in [0.3, 0.4) is 0 Å². The molecule has 2 aliphatic heterocycles. The quantitative estimate of drug-likeness (QED) is 0.775. The molecule has 0 atom stereocenters. The fourth-order valence-corrected chi connectivity index (χ4v) is 3.22. The van der Waals surface area contributed by atoms with E-state index in [0.29, 0.717) is 18.1 Å². The predicted molar refractivity (Wildman–Crippen MR) is 83.0 cm³/mol. The van der Waals surface area contributed by atoms with Gasteiger partial charge in [0.15, 0.2) is 5.17 Å². The van der Waals surface area contributed by atoms with Crippen LogP contribution in [0.4, 0.5) is 0 Å². The number of rotatable bonds is 2. The number of aliphatic imine (C=N–C) groups is 1.